The van der Waals surface area contributed by atoms with E-state index in [1.54, 1.807) is 33.9 Å². The first kappa shape index (κ1) is 31.7. The van der Waals surface area contributed by atoms with E-state index >= 15 is 4.79 Å². The summed E-state index contributed by atoms with van der Waals surface area (Å²) in [5.41, 5.74) is 1.53. The highest BCUT2D eigenvalue weighted by atomic mass is 16.5. The molecule has 3 heterocycles. The number of aryl methyl sites for hydroxylation is 2. The van der Waals surface area contributed by atoms with Gasteiger partial charge in [0.1, 0.15) is 11.6 Å². The maximum Gasteiger partial charge on any atom is 0.253 e. The van der Waals surface area contributed by atoms with Gasteiger partial charge >= 0.3 is 0 Å². The summed E-state index contributed by atoms with van der Waals surface area (Å²) in [4.78, 5) is 48.8. The van der Waals surface area contributed by atoms with Gasteiger partial charge in [-0.3, -0.25) is 14.4 Å². The van der Waals surface area contributed by atoms with E-state index in [0.29, 0.717) is 32.2 Å². The van der Waals surface area contributed by atoms with Gasteiger partial charge in [-0.25, -0.2) is 0 Å². The third-order valence-electron chi connectivity index (χ3n) is 10.0. The van der Waals surface area contributed by atoms with E-state index in [0.717, 1.165) is 22.4 Å². The Morgan fingerprint density at radius 3 is 2.43 bits per heavy atom. The second-order valence-electron chi connectivity index (χ2n) is 12.6. The monoisotopic (exact) mass is 599 g/mol. The Kier molecular flexibility index (Phi) is 8.87. The first-order chi connectivity index (χ1) is 21.1. The number of carbonyl (C=O) groups is 3. The van der Waals surface area contributed by atoms with Crippen LogP contribution in [0.25, 0.3) is 0 Å². The number of carbonyl (C=O) groups excluding carboxylic acids is 3. The summed E-state index contributed by atoms with van der Waals surface area (Å²) in [6.07, 6.45) is 5.27. The van der Waals surface area contributed by atoms with Crippen molar-refractivity contribution >= 4 is 23.4 Å². The lowest BCUT2D eigenvalue weighted by atomic mass is 9.64. The van der Waals surface area contributed by atoms with Crippen LogP contribution in [0.5, 0.6) is 0 Å². The molecule has 1 N–H and O–H groups in total. The van der Waals surface area contributed by atoms with Gasteiger partial charge in [-0.15, -0.1) is 13.2 Å². The number of hydrogen-bond donors (Lipinski definition) is 1. The second-order valence-corrected chi connectivity index (χ2v) is 12.6. The van der Waals surface area contributed by atoms with Crippen LogP contribution in [0.15, 0.2) is 73.8 Å². The minimum atomic E-state index is -1.21. The van der Waals surface area contributed by atoms with Crippen molar-refractivity contribution in [2.24, 2.45) is 11.8 Å². The molecule has 8 nitrogen and oxygen atoms in total. The molecular weight excluding hydrogens is 554 g/mol. The van der Waals surface area contributed by atoms with E-state index in [2.05, 4.69) is 13.2 Å². The van der Waals surface area contributed by atoms with Crippen LogP contribution >= 0.6 is 0 Å². The zero-order chi connectivity index (χ0) is 31.8. The molecular formula is C36H45N3O5. The number of anilines is 1. The molecule has 2 aromatic rings. The number of likely N-dealkylation sites (N-methyl/N-ethyl adjacent to an activating group) is 1. The molecule has 3 aliphatic rings. The Bertz CT molecular complexity index is 1440. The van der Waals surface area contributed by atoms with Crippen molar-refractivity contribution in [3.63, 3.8) is 0 Å². The van der Waals surface area contributed by atoms with Gasteiger partial charge in [0, 0.05) is 25.8 Å². The molecule has 3 saturated heterocycles. The third kappa shape index (κ3) is 4.98. The Morgan fingerprint density at radius 2 is 1.80 bits per heavy atom. The minimum absolute atomic E-state index is 0.180. The van der Waals surface area contributed by atoms with Gasteiger partial charge < -0.3 is 24.5 Å². The Labute approximate surface area is 261 Å². The normalized spacial score (nSPS) is 27.6. The van der Waals surface area contributed by atoms with Crippen LogP contribution in [0.1, 0.15) is 42.9 Å². The summed E-state index contributed by atoms with van der Waals surface area (Å²) in [6, 6.07) is 13.9. The first-order valence-electron chi connectivity index (χ1n) is 15.6. The molecule has 3 amide bonds. The van der Waals surface area contributed by atoms with E-state index in [1.165, 1.54) is 0 Å². The Balaban J connectivity index is 1.67. The van der Waals surface area contributed by atoms with Gasteiger partial charge in [0.05, 0.1) is 30.1 Å². The van der Waals surface area contributed by atoms with Crippen molar-refractivity contribution in [2.45, 2.75) is 69.7 Å². The van der Waals surface area contributed by atoms with Gasteiger partial charge in [0.25, 0.3) is 5.91 Å². The average Bonchev–Trinajstić information content (AvgIpc) is 3.63. The van der Waals surface area contributed by atoms with Crippen molar-refractivity contribution in [3.8, 4) is 0 Å². The largest absolute Gasteiger partial charge is 0.394 e. The first-order valence-corrected chi connectivity index (χ1v) is 15.6. The van der Waals surface area contributed by atoms with E-state index in [-0.39, 0.29) is 30.9 Å². The van der Waals surface area contributed by atoms with Gasteiger partial charge in [0.2, 0.25) is 11.8 Å². The molecule has 2 bridgehead atoms. The van der Waals surface area contributed by atoms with Gasteiger partial charge in [-0.1, -0.05) is 61.5 Å². The van der Waals surface area contributed by atoms with Crippen molar-refractivity contribution < 1.29 is 24.2 Å². The van der Waals surface area contributed by atoms with Crippen molar-refractivity contribution in [3.05, 3.63) is 90.5 Å². The molecule has 2 aromatic carbocycles. The van der Waals surface area contributed by atoms with Crippen LogP contribution in [0.4, 0.5) is 5.69 Å². The molecule has 6 atom stereocenters. The molecule has 5 rings (SSSR count). The number of hydrogen-bond acceptors (Lipinski definition) is 5. The van der Waals surface area contributed by atoms with E-state index < -0.39 is 35.1 Å². The fourth-order valence-electron chi connectivity index (χ4n) is 7.96. The lowest BCUT2D eigenvalue weighted by molar-refractivity contribution is -0.153. The molecule has 2 unspecified atom stereocenters. The summed E-state index contributed by atoms with van der Waals surface area (Å²) < 4.78 is 6.99. The Morgan fingerprint density at radius 1 is 1.09 bits per heavy atom. The highest BCUT2D eigenvalue weighted by Crippen LogP contribution is 2.65. The number of fused-ring (bicyclic) bond motifs is 1. The lowest BCUT2D eigenvalue weighted by Crippen LogP contribution is -2.59. The average molecular weight is 600 g/mol. The number of ether oxygens (including phenoxy) is 1. The zero-order valence-electron chi connectivity index (χ0n) is 26.4. The van der Waals surface area contributed by atoms with E-state index in [9.17, 15) is 14.7 Å². The summed E-state index contributed by atoms with van der Waals surface area (Å²) in [7, 11) is 1.71. The predicted octanol–water partition coefficient (Wildman–Crippen LogP) is 4.23. The number of aliphatic hydroxyl groups excluding tert-OH is 1. The minimum Gasteiger partial charge on any atom is -0.394 e. The zero-order valence-corrected chi connectivity index (χ0v) is 26.4. The molecule has 0 radical (unpaired) electrons. The molecule has 44 heavy (non-hydrogen) atoms. The fraction of sp³-hybridized carbons (Fsp3) is 0.472. The number of amides is 3. The van der Waals surface area contributed by atoms with Gasteiger partial charge in [0.15, 0.2) is 0 Å². The SMILES string of the molecule is C=CCN(C)C(=O)[C@@H]1[C@H]2C(=O)N([C@@H](CO)Cc3ccccc3)C(C(=O)N(CC=C)c3cc(C)ccc3C)C23CC[C@@]1(CC)O3. The second kappa shape index (κ2) is 12.3. The highest BCUT2D eigenvalue weighted by Gasteiger charge is 2.79. The van der Waals surface area contributed by atoms with Crippen LogP contribution in [-0.4, -0.2) is 82.7 Å². The summed E-state index contributed by atoms with van der Waals surface area (Å²) >= 11 is 0. The van der Waals surface area contributed by atoms with Gasteiger partial charge in [-0.05, 0) is 62.3 Å². The predicted molar refractivity (Wildman–Crippen MR) is 171 cm³/mol. The summed E-state index contributed by atoms with van der Waals surface area (Å²) in [5, 5.41) is 10.8. The number of likely N-dealkylation sites (tertiary alicyclic amines) is 1. The maximum atomic E-state index is 15.1. The van der Waals surface area contributed by atoms with Crippen molar-refractivity contribution in [2.75, 3.05) is 31.6 Å². The highest BCUT2D eigenvalue weighted by molar-refractivity contribution is 6.05. The molecule has 8 heteroatoms. The number of benzene rings is 2. The molecule has 234 valence electrons. The van der Waals surface area contributed by atoms with Crippen LogP contribution < -0.4 is 4.90 Å². The summed E-state index contributed by atoms with van der Waals surface area (Å²) in [5.74, 6) is -2.37. The Hall–Kier alpha value is -3.75. The van der Waals surface area contributed by atoms with Crippen LogP contribution in [0.2, 0.25) is 0 Å². The smallest absolute Gasteiger partial charge is 0.253 e. The molecule has 0 aromatic heterocycles. The van der Waals surface area contributed by atoms with Crippen molar-refractivity contribution in [1.29, 1.82) is 0 Å². The lowest BCUT2D eigenvalue weighted by Gasteiger charge is -2.40. The quantitative estimate of drug-likeness (QED) is 0.369. The number of rotatable bonds is 12. The molecule has 0 saturated carbocycles. The maximum absolute atomic E-state index is 15.1. The molecule has 3 fully saturated rings. The van der Waals surface area contributed by atoms with E-state index in [1.807, 2.05) is 69.3 Å². The van der Waals surface area contributed by atoms with Crippen LogP contribution in [0.3, 0.4) is 0 Å². The third-order valence-corrected chi connectivity index (χ3v) is 10.0. The fourth-order valence-corrected chi connectivity index (χ4v) is 7.96. The molecule has 0 aliphatic carbocycles. The topological polar surface area (TPSA) is 90.4 Å². The molecule has 3 aliphatic heterocycles. The standard InChI is InChI=1S/C36H45N3O5/c1-7-19-37(6)32(41)29-30-33(42)39(27(23-40)22-26-13-11-10-12-14-26)31(36(30)18-17-35(29,9-3)44-36)34(43)38(20-8-2)28-21-24(4)15-16-25(28)5/h7-8,10-16,21,27,29-31,40H,1-2,9,17-20,22-23H2,3-6H3/t27-,29+,30+,31?,35-,36?/m1/s1. The molecule has 1 spiro atoms. The van der Waals surface area contributed by atoms with E-state index in [4.69, 9.17) is 4.74 Å². The number of aliphatic hydroxyl groups is 1. The van der Waals surface area contributed by atoms with Gasteiger partial charge in [-0.2, -0.15) is 0 Å². The van der Waals surface area contributed by atoms with Crippen LogP contribution in [0, 0.1) is 25.7 Å². The number of nitrogens with zero attached hydrogens (tertiary/aromatic N) is 3. The van der Waals surface area contributed by atoms with Crippen molar-refractivity contribution in [1.82, 2.24) is 9.80 Å². The summed E-state index contributed by atoms with van der Waals surface area (Å²) in [6.45, 7) is 13.9. The van der Waals surface area contributed by atoms with Crippen LogP contribution in [-0.2, 0) is 25.5 Å².